The lowest BCUT2D eigenvalue weighted by Gasteiger charge is -2.32. The molecule has 0 saturated carbocycles. The second-order valence-electron chi connectivity index (χ2n) is 7.30. The van der Waals surface area contributed by atoms with Gasteiger partial charge in [0.2, 0.25) is 5.91 Å². The summed E-state index contributed by atoms with van der Waals surface area (Å²) in [4.78, 5) is 16.3. The SMILES string of the molecule is COc1cc2c(cc1OC)CN(C(=O)CN(C)C(C)c1cc(F)ccc1F)CC2. The van der Waals surface area contributed by atoms with E-state index in [0.717, 1.165) is 29.7 Å². The molecular formula is C22H26F2N2O3. The summed E-state index contributed by atoms with van der Waals surface area (Å²) in [6.07, 6.45) is 0.721. The highest BCUT2D eigenvalue weighted by Gasteiger charge is 2.25. The van der Waals surface area contributed by atoms with Gasteiger partial charge in [0, 0.05) is 24.7 Å². The Morgan fingerprint density at radius 2 is 1.79 bits per heavy atom. The number of carbonyl (C=O) groups is 1. The number of methoxy groups -OCH3 is 2. The van der Waals surface area contributed by atoms with E-state index in [0.29, 0.717) is 24.6 Å². The fraction of sp³-hybridized carbons (Fsp3) is 0.409. The molecule has 0 N–H and O–H groups in total. The van der Waals surface area contributed by atoms with Crippen LogP contribution in [0.5, 0.6) is 11.5 Å². The number of halogens is 2. The van der Waals surface area contributed by atoms with Crippen LogP contribution in [-0.2, 0) is 17.8 Å². The van der Waals surface area contributed by atoms with E-state index in [1.54, 1.807) is 38.0 Å². The molecule has 5 nitrogen and oxygen atoms in total. The molecular weight excluding hydrogens is 378 g/mol. The maximum Gasteiger partial charge on any atom is 0.237 e. The number of ether oxygens (including phenoxy) is 2. The van der Waals surface area contributed by atoms with Crippen molar-refractivity contribution in [2.45, 2.75) is 25.9 Å². The predicted molar refractivity (Wildman–Crippen MR) is 106 cm³/mol. The molecule has 3 rings (SSSR count). The molecule has 1 amide bonds. The topological polar surface area (TPSA) is 42.0 Å². The summed E-state index contributed by atoms with van der Waals surface area (Å²) in [6, 6.07) is 6.80. The van der Waals surface area contributed by atoms with Crippen LogP contribution >= 0.6 is 0 Å². The molecule has 0 aromatic heterocycles. The Morgan fingerprint density at radius 3 is 2.45 bits per heavy atom. The Bertz CT molecular complexity index is 904. The van der Waals surface area contributed by atoms with Gasteiger partial charge in [-0.05, 0) is 61.9 Å². The molecule has 1 aliphatic rings. The van der Waals surface area contributed by atoms with Crippen LogP contribution < -0.4 is 9.47 Å². The number of rotatable bonds is 6. The lowest BCUT2D eigenvalue weighted by atomic mass is 9.98. The van der Waals surface area contributed by atoms with E-state index in [-0.39, 0.29) is 18.0 Å². The summed E-state index contributed by atoms with van der Waals surface area (Å²) >= 11 is 0. The smallest absolute Gasteiger partial charge is 0.237 e. The molecule has 1 unspecified atom stereocenters. The quantitative estimate of drug-likeness (QED) is 0.738. The lowest BCUT2D eigenvalue weighted by Crippen LogP contribution is -2.42. The molecule has 156 valence electrons. The Hall–Kier alpha value is -2.67. The van der Waals surface area contributed by atoms with Crippen LogP contribution in [0.1, 0.15) is 29.7 Å². The van der Waals surface area contributed by atoms with Crippen molar-refractivity contribution in [3.63, 3.8) is 0 Å². The summed E-state index contributed by atoms with van der Waals surface area (Å²) in [5.41, 5.74) is 2.39. The van der Waals surface area contributed by atoms with E-state index in [4.69, 9.17) is 9.47 Å². The van der Waals surface area contributed by atoms with Gasteiger partial charge in [-0.3, -0.25) is 9.69 Å². The van der Waals surface area contributed by atoms with Crippen LogP contribution in [0.2, 0.25) is 0 Å². The van der Waals surface area contributed by atoms with Gasteiger partial charge in [-0.1, -0.05) is 0 Å². The van der Waals surface area contributed by atoms with E-state index >= 15 is 0 Å². The maximum atomic E-state index is 14.1. The van der Waals surface area contributed by atoms with Crippen LogP contribution in [-0.4, -0.2) is 50.1 Å². The molecule has 1 atom stereocenters. The van der Waals surface area contributed by atoms with Gasteiger partial charge < -0.3 is 14.4 Å². The van der Waals surface area contributed by atoms with Crippen molar-refractivity contribution in [2.75, 3.05) is 34.4 Å². The van der Waals surface area contributed by atoms with Crippen LogP contribution in [0.3, 0.4) is 0 Å². The summed E-state index contributed by atoms with van der Waals surface area (Å²) in [5, 5.41) is 0. The van der Waals surface area contributed by atoms with Gasteiger partial charge in [-0.15, -0.1) is 0 Å². The normalized spacial score (nSPS) is 14.5. The molecule has 0 radical (unpaired) electrons. The highest BCUT2D eigenvalue weighted by molar-refractivity contribution is 5.78. The number of fused-ring (bicyclic) bond motifs is 1. The summed E-state index contributed by atoms with van der Waals surface area (Å²) < 4.78 is 38.3. The van der Waals surface area contributed by atoms with Gasteiger partial charge in [-0.25, -0.2) is 8.78 Å². The molecule has 0 fully saturated rings. The minimum atomic E-state index is -0.495. The Morgan fingerprint density at radius 1 is 1.14 bits per heavy atom. The van der Waals surface area contributed by atoms with E-state index in [1.807, 2.05) is 12.1 Å². The van der Waals surface area contributed by atoms with Crippen molar-refractivity contribution in [2.24, 2.45) is 0 Å². The first kappa shape index (κ1) is 21.0. The van der Waals surface area contributed by atoms with E-state index in [9.17, 15) is 13.6 Å². The third-order valence-electron chi connectivity index (χ3n) is 5.52. The van der Waals surface area contributed by atoms with Gasteiger partial charge in [0.05, 0.1) is 20.8 Å². The third-order valence-corrected chi connectivity index (χ3v) is 5.52. The predicted octanol–water partition coefficient (Wildman–Crippen LogP) is 3.56. The fourth-order valence-corrected chi connectivity index (χ4v) is 3.62. The van der Waals surface area contributed by atoms with Gasteiger partial charge in [0.1, 0.15) is 11.6 Å². The number of likely N-dealkylation sites (N-methyl/N-ethyl adjacent to an activating group) is 1. The zero-order valence-electron chi connectivity index (χ0n) is 17.2. The number of benzene rings is 2. The van der Waals surface area contributed by atoms with Crippen LogP contribution in [0.4, 0.5) is 8.78 Å². The zero-order valence-corrected chi connectivity index (χ0v) is 17.2. The molecule has 0 saturated heterocycles. The lowest BCUT2D eigenvalue weighted by molar-refractivity contribution is -0.133. The van der Waals surface area contributed by atoms with Gasteiger partial charge in [0.25, 0.3) is 0 Å². The van der Waals surface area contributed by atoms with Crippen molar-refractivity contribution in [1.82, 2.24) is 9.80 Å². The maximum absolute atomic E-state index is 14.1. The first-order chi connectivity index (χ1) is 13.8. The third kappa shape index (κ3) is 4.50. The highest BCUT2D eigenvalue weighted by atomic mass is 19.1. The van der Waals surface area contributed by atoms with Crippen LogP contribution in [0.25, 0.3) is 0 Å². The van der Waals surface area contributed by atoms with E-state index < -0.39 is 17.7 Å². The number of amides is 1. The Balaban J connectivity index is 1.69. The van der Waals surface area contributed by atoms with Gasteiger partial charge in [0.15, 0.2) is 11.5 Å². The number of hydrogen-bond donors (Lipinski definition) is 0. The van der Waals surface area contributed by atoms with Crippen LogP contribution in [0, 0.1) is 11.6 Å². The largest absolute Gasteiger partial charge is 0.493 e. The second-order valence-corrected chi connectivity index (χ2v) is 7.30. The number of hydrogen-bond acceptors (Lipinski definition) is 4. The number of nitrogens with zero attached hydrogens (tertiary/aromatic N) is 2. The van der Waals surface area contributed by atoms with Crippen molar-refractivity contribution in [1.29, 1.82) is 0 Å². The van der Waals surface area contributed by atoms with Gasteiger partial charge in [-0.2, -0.15) is 0 Å². The molecule has 0 aliphatic carbocycles. The fourth-order valence-electron chi connectivity index (χ4n) is 3.62. The van der Waals surface area contributed by atoms with E-state index in [1.165, 1.54) is 6.07 Å². The van der Waals surface area contributed by atoms with Gasteiger partial charge >= 0.3 is 0 Å². The first-order valence-electron chi connectivity index (χ1n) is 9.50. The van der Waals surface area contributed by atoms with Crippen molar-refractivity contribution < 1.29 is 23.0 Å². The second kappa shape index (κ2) is 8.78. The Labute approximate surface area is 169 Å². The summed E-state index contributed by atoms with van der Waals surface area (Å²) in [5.74, 6) is 0.275. The molecule has 1 heterocycles. The molecule has 29 heavy (non-hydrogen) atoms. The molecule has 7 heteroatoms. The monoisotopic (exact) mass is 404 g/mol. The average molecular weight is 404 g/mol. The summed E-state index contributed by atoms with van der Waals surface area (Å²) in [7, 11) is 4.91. The van der Waals surface area contributed by atoms with Crippen molar-refractivity contribution in [3.05, 3.63) is 58.7 Å². The molecule has 2 aromatic rings. The zero-order chi connectivity index (χ0) is 21.1. The molecule has 0 spiro atoms. The van der Waals surface area contributed by atoms with Crippen LogP contribution in [0.15, 0.2) is 30.3 Å². The van der Waals surface area contributed by atoms with E-state index in [2.05, 4.69) is 0 Å². The highest BCUT2D eigenvalue weighted by Crippen LogP contribution is 2.33. The minimum Gasteiger partial charge on any atom is -0.493 e. The minimum absolute atomic E-state index is 0.0587. The van der Waals surface area contributed by atoms with Crippen molar-refractivity contribution >= 4 is 5.91 Å². The molecule has 2 aromatic carbocycles. The molecule has 1 aliphatic heterocycles. The first-order valence-corrected chi connectivity index (χ1v) is 9.50. The standard InChI is InChI=1S/C22H26F2N2O3/c1-14(18-11-17(23)5-6-19(18)24)25(2)13-22(27)26-8-7-15-9-20(28-3)21(29-4)10-16(15)12-26/h5-6,9-11,14H,7-8,12-13H2,1-4H3. The van der Waals surface area contributed by atoms with Crippen molar-refractivity contribution in [3.8, 4) is 11.5 Å². The average Bonchev–Trinajstić information content (AvgIpc) is 2.73. The summed E-state index contributed by atoms with van der Waals surface area (Å²) in [6.45, 7) is 2.94. The Kier molecular flexibility index (Phi) is 6.37. The molecule has 0 bridgehead atoms. The number of carbonyl (C=O) groups excluding carboxylic acids is 1.